The van der Waals surface area contributed by atoms with E-state index in [0.29, 0.717) is 52.1 Å². The van der Waals surface area contributed by atoms with Crippen LogP contribution in [0.5, 0.6) is 11.5 Å². The van der Waals surface area contributed by atoms with Crippen molar-refractivity contribution in [1.29, 1.82) is 0 Å². The van der Waals surface area contributed by atoms with Gasteiger partial charge in [0.15, 0.2) is 11.5 Å². The van der Waals surface area contributed by atoms with Crippen LogP contribution in [-0.4, -0.2) is 47.9 Å². The van der Waals surface area contributed by atoms with Crippen LogP contribution in [0.25, 0.3) is 11.4 Å². The molecule has 1 amide bonds. The Labute approximate surface area is 203 Å². The number of carbonyl (C=O) groups excluding carboxylic acids is 1. The molecule has 0 fully saturated rings. The first-order valence-corrected chi connectivity index (χ1v) is 11.2. The molecule has 0 aliphatic rings. The predicted molar refractivity (Wildman–Crippen MR) is 131 cm³/mol. The van der Waals surface area contributed by atoms with E-state index in [1.165, 1.54) is 4.57 Å². The summed E-state index contributed by atoms with van der Waals surface area (Å²) in [6.07, 6.45) is 0.742. The minimum atomic E-state index is -0.346. The van der Waals surface area contributed by atoms with Gasteiger partial charge in [0, 0.05) is 41.4 Å². The quantitative estimate of drug-likeness (QED) is 0.458. The van der Waals surface area contributed by atoms with Crippen LogP contribution in [0.4, 0.5) is 0 Å². The number of carbonyl (C=O) groups is 1. The Morgan fingerprint density at radius 3 is 2.44 bits per heavy atom. The van der Waals surface area contributed by atoms with Crippen LogP contribution in [0.2, 0.25) is 5.02 Å². The fourth-order valence-electron chi connectivity index (χ4n) is 3.65. The van der Waals surface area contributed by atoms with E-state index in [2.05, 4.69) is 10.3 Å². The number of benzene rings is 2. The van der Waals surface area contributed by atoms with E-state index in [0.717, 1.165) is 5.56 Å². The minimum absolute atomic E-state index is 0.166. The van der Waals surface area contributed by atoms with Crippen molar-refractivity contribution < 1.29 is 19.4 Å². The Hall–Kier alpha value is -3.36. The summed E-state index contributed by atoms with van der Waals surface area (Å²) in [4.78, 5) is 30.5. The molecule has 0 atom stereocenters. The molecule has 0 spiro atoms. The lowest BCUT2D eigenvalue weighted by atomic mass is 10.1. The summed E-state index contributed by atoms with van der Waals surface area (Å²) in [7, 11) is 3.14. The summed E-state index contributed by atoms with van der Waals surface area (Å²) in [5.74, 6) is 1.30. The van der Waals surface area contributed by atoms with Crippen molar-refractivity contribution in [3.63, 3.8) is 0 Å². The monoisotopic (exact) mass is 485 g/mol. The van der Waals surface area contributed by atoms with Crippen LogP contribution in [0.3, 0.4) is 0 Å². The number of hydrogen-bond donors (Lipinski definition) is 2. The summed E-state index contributed by atoms with van der Waals surface area (Å²) in [5, 5.41) is 12.8. The Bertz CT molecular complexity index is 1210. The zero-order valence-electron chi connectivity index (χ0n) is 19.4. The van der Waals surface area contributed by atoms with Gasteiger partial charge in [-0.1, -0.05) is 17.7 Å². The molecule has 3 aromatic rings. The number of amides is 1. The molecule has 0 saturated carbocycles. The minimum Gasteiger partial charge on any atom is -0.493 e. The van der Waals surface area contributed by atoms with Crippen LogP contribution in [-0.2, 0) is 24.2 Å². The van der Waals surface area contributed by atoms with Gasteiger partial charge >= 0.3 is 0 Å². The summed E-state index contributed by atoms with van der Waals surface area (Å²) in [5.41, 5.74) is 2.20. The zero-order valence-corrected chi connectivity index (χ0v) is 20.2. The van der Waals surface area contributed by atoms with Gasteiger partial charge in [0.25, 0.3) is 5.56 Å². The first kappa shape index (κ1) is 25.3. The molecule has 8 nitrogen and oxygen atoms in total. The van der Waals surface area contributed by atoms with Crippen molar-refractivity contribution in [2.75, 3.05) is 27.4 Å². The Morgan fingerprint density at radius 1 is 1.09 bits per heavy atom. The topological polar surface area (TPSA) is 103 Å². The van der Waals surface area contributed by atoms with E-state index in [1.54, 1.807) is 45.4 Å². The van der Waals surface area contributed by atoms with E-state index in [-0.39, 0.29) is 31.0 Å². The van der Waals surface area contributed by atoms with Crippen molar-refractivity contribution in [3.8, 4) is 22.9 Å². The second kappa shape index (κ2) is 11.7. The number of nitrogens with zero attached hydrogens (tertiary/aromatic N) is 2. The molecule has 1 aromatic heterocycles. The third-order valence-electron chi connectivity index (χ3n) is 5.42. The van der Waals surface area contributed by atoms with Crippen LogP contribution < -0.4 is 20.3 Å². The van der Waals surface area contributed by atoms with Gasteiger partial charge in [-0.25, -0.2) is 4.98 Å². The van der Waals surface area contributed by atoms with Gasteiger partial charge in [0.1, 0.15) is 12.4 Å². The normalized spacial score (nSPS) is 10.7. The molecule has 0 bridgehead atoms. The summed E-state index contributed by atoms with van der Waals surface area (Å²) >= 11 is 6.00. The van der Waals surface area contributed by atoms with Gasteiger partial charge in [-0.05, 0) is 55.3 Å². The number of halogens is 1. The molecule has 9 heteroatoms. The molecular formula is C25H28ClN3O5. The second-order valence-electron chi connectivity index (χ2n) is 7.66. The number of nitrogens with one attached hydrogen (secondary N) is 1. The fraction of sp³-hybridized carbons (Fsp3) is 0.320. The smallest absolute Gasteiger partial charge is 0.257 e. The van der Waals surface area contributed by atoms with Crippen molar-refractivity contribution in [2.45, 2.75) is 26.3 Å². The third-order valence-corrected chi connectivity index (χ3v) is 5.67. The summed E-state index contributed by atoms with van der Waals surface area (Å²) < 4.78 is 11.9. The Morgan fingerprint density at radius 2 is 1.79 bits per heavy atom. The van der Waals surface area contributed by atoms with Crippen LogP contribution in [0, 0.1) is 6.92 Å². The highest BCUT2D eigenvalue weighted by Gasteiger charge is 2.17. The summed E-state index contributed by atoms with van der Waals surface area (Å²) in [6.45, 7) is 1.71. The molecule has 180 valence electrons. The van der Waals surface area contributed by atoms with Crippen LogP contribution in [0.1, 0.15) is 16.8 Å². The van der Waals surface area contributed by atoms with E-state index in [9.17, 15) is 14.7 Å². The average Bonchev–Trinajstić information content (AvgIpc) is 2.83. The van der Waals surface area contributed by atoms with Gasteiger partial charge in [-0.2, -0.15) is 0 Å². The highest BCUT2D eigenvalue weighted by Crippen LogP contribution is 2.27. The summed E-state index contributed by atoms with van der Waals surface area (Å²) in [6, 6.07) is 12.5. The molecule has 1 heterocycles. The first-order valence-electron chi connectivity index (χ1n) is 10.8. The molecule has 0 unspecified atom stereocenters. The van der Waals surface area contributed by atoms with Gasteiger partial charge < -0.3 is 19.9 Å². The highest BCUT2D eigenvalue weighted by atomic mass is 35.5. The zero-order chi connectivity index (χ0) is 24.7. The van der Waals surface area contributed by atoms with E-state index in [4.69, 9.17) is 21.1 Å². The van der Waals surface area contributed by atoms with Crippen molar-refractivity contribution in [2.24, 2.45) is 0 Å². The van der Waals surface area contributed by atoms with Gasteiger partial charge in [-0.3, -0.25) is 14.2 Å². The number of methoxy groups -OCH3 is 2. The molecule has 0 saturated heterocycles. The number of rotatable bonds is 10. The lowest BCUT2D eigenvalue weighted by molar-refractivity contribution is -0.121. The number of ether oxygens (including phenoxy) is 2. The Balaban J connectivity index is 1.79. The molecule has 0 radical (unpaired) electrons. The molecule has 3 rings (SSSR count). The average molecular weight is 486 g/mol. The Kier molecular flexibility index (Phi) is 8.67. The number of aryl methyl sites for hydroxylation is 1. The second-order valence-corrected chi connectivity index (χ2v) is 8.10. The molecule has 2 N–H and O–H groups in total. The predicted octanol–water partition coefficient (Wildman–Crippen LogP) is 2.78. The number of hydrogen-bond acceptors (Lipinski definition) is 6. The maximum atomic E-state index is 13.2. The molecule has 2 aromatic carbocycles. The maximum absolute atomic E-state index is 13.2. The van der Waals surface area contributed by atoms with E-state index in [1.807, 2.05) is 18.2 Å². The van der Waals surface area contributed by atoms with Crippen molar-refractivity contribution in [3.05, 3.63) is 74.7 Å². The first-order chi connectivity index (χ1) is 16.4. The molecular weight excluding hydrogens is 458 g/mol. The van der Waals surface area contributed by atoms with Gasteiger partial charge in [-0.15, -0.1) is 0 Å². The van der Waals surface area contributed by atoms with E-state index >= 15 is 0 Å². The standard InChI is InChI=1S/C25H28ClN3O5/c1-16-20(11-13-30)25(32)29(24(28-16)18-5-7-19(26)8-6-18)15-23(31)27-12-10-17-4-9-21(33-2)22(14-17)34-3/h4-9,14,30H,10-13,15H2,1-3H3,(H,27,31). The largest absolute Gasteiger partial charge is 0.493 e. The SMILES string of the molecule is COc1ccc(CCNC(=O)Cn2c(-c3ccc(Cl)cc3)nc(C)c(CCO)c2=O)cc1OC. The molecule has 0 aliphatic heterocycles. The molecule has 34 heavy (non-hydrogen) atoms. The number of aliphatic hydroxyl groups excluding tert-OH is 1. The highest BCUT2D eigenvalue weighted by molar-refractivity contribution is 6.30. The van der Waals surface area contributed by atoms with Crippen molar-refractivity contribution >= 4 is 17.5 Å². The maximum Gasteiger partial charge on any atom is 0.257 e. The fourth-order valence-corrected chi connectivity index (χ4v) is 3.77. The van der Waals surface area contributed by atoms with Crippen molar-refractivity contribution in [1.82, 2.24) is 14.9 Å². The van der Waals surface area contributed by atoms with E-state index < -0.39 is 0 Å². The number of aliphatic hydroxyl groups is 1. The van der Waals surface area contributed by atoms with Crippen LogP contribution in [0.15, 0.2) is 47.3 Å². The van der Waals surface area contributed by atoms with Gasteiger partial charge in [0.05, 0.1) is 14.2 Å². The third kappa shape index (κ3) is 5.95. The van der Waals surface area contributed by atoms with Crippen LogP contribution >= 0.6 is 11.6 Å². The lowest BCUT2D eigenvalue weighted by Gasteiger charge is -2.16. The number of aromatic nitrogens is 2. The molecule has 0 aliphatic carbocycles. The van der Waals surface area contributed by atoms with Gasteiger partial charge in [0.2, 0.25) is 5.91 Å². The lowest BCUT2D eigenvalue weighted by Crippen LogP contribution is -2.36.